The maximum absolute atomic E-state index is 9.66. The first-order chi connectivity index (χ1) is 7.68. The van der Waals surface area contributed by atoms with Crippen LogP contribution in [0.2, 0.25) is 5.02 Å². The smallest absolute Gasteiger partial charge is 0.150 e. The summed E-state index contributed by atoms with van der Waals surface area (Å²) in [4.78, 5) is 7.79. The number of anilines is 2. The van der Waals surface area contributed by atoms with Crippen molar-refractivity contribution in [2.24, 2.45) is 5.92 Å². The molecule has 0 radical (unpaired) electrons. The van der Waals surface area contributed by atoms with Crippen molar-refractivity contribution in [3.05, 3.63) is 11.3 Å². The predicted molar refractivity (Wildman–Crippen MR) is 63.3 cm³/mol. The molecule has 88 valence electrons. The number of hydrogen-bond donors (Lipinski definition) is 3. The molecule has 0 spiro atoms. The van der Waals surface area contributed by atoms with Gasteiger partial charge in [-0.25, -0.2) is 9.97 Å². The molecule has 1 saturated carbocycles. The number of aromatic nitrogens is 2. The van der Waals surface area contributed by atoms with Crippen LogP contribution in [0.1, 0.15) is 19.3 Å². The fourth-order valence-electron chi connectivity index (χ4n) is 1.99. The minimum absolute atomic E-state index is 0.217. The van der Waals surface area contributed by atoms with E-state index in [-0.39, 0.29) is 17.8 Å². The molecule has 16 heavy (non-hydrogen) atoms. The van der Waals surface area contributed by atoms with Gasteiger partial charge in [-0.1, -0.05) is 18.0 Å². The van der Waals surface area contributed by atoms with Crippen molar-refractivity contribution >= 4 is 23.2 Å². The summed E-state index contributed by atoms with van der Waals surface area (Å²) in [6.45, 7) is 0.664. The molecule has 6 heteroatoms. The molecule has 5 nitrogen and oxygen atoms in total. The monoisotopic (exact) mass is 242 g/mol. The second kappa shape index (κ2) is 4.84. The average Bonchev–Trinajstić information content (AvgIpc) is 2.67. The highest BCUT2D eigenvalue weighted by Gasteiger charge is 2.25. The summed E-state index contributed by atoms with van der Waals surface area (Å²) in [7, 11) is 0. The van der Waals surface area contributed by atoms with Crippen molar-refractivity contribution in [3.63, 3.8) is 0 Å². The van der Waals surface area contributed by atoms with Crippen molar-refractivity contribution in [2.75, 3.05) is 17.6 Å². The molecule has 1 aromatic heterocycles. The quantitative estimate of drug-likeness (QED) is 0.744. The molecule has 0 bridgehead atoms. The van der Waals surface area contributed by atoms with Crippen molar-refractivity contribution in [3.8, 4) is 0 Å². The zero-order valence-electron chi connectivity index (χ0n) is 8.86. The zero-order chi connectivity index (χ0) is 11.5. The molecule has 1 aliphatic rings. The first-order valence-corrected chi connectivity index (χ1v) is 5.74. The number of nitrogen functional groups attached to an aromatic ring is 1. The van der Waals surface area contributed by atoms with Crippen LogP contribution in [0.4, 0.5) is 11.6 Å². The van der Waals surface area contributed by atoms with Gasteiger partial charge in [-0.2, -0.15) is 0 Å². The number of hydrogen-bond acceptors (Lipinski definition) is 5. The van der Waals surface area contributed by atoms with Crippen LogP contribution in [-0.2, 0) is 0 Å². The van der Waals surface area contributed by atoms with Gasteiger partial charge in [0.2, 0.25) is 0 Å². The summed E-state index contributed by atoms with van der Waals surface area (Å²) in [6.07, 6.45) is 4.14. The Kier molecular flexibility index (Phi) is 3.46. The van der Waals surface area contributed by atoms with Gasteiger partial charge in [0.05, 0.1) is 6.10 Å². The van der Waals surface area contributed by atoms with E-state index in [0.717, 1.165) is 19.3 Å². The summed E-state index contributed by atoms with van der Waals surface area (Å²) in [5, 5.41) is 13.1. The van der Waals surface area contributed by atoms with Crippen LogP contribution in [0, 0.1) is 5.92 Å². The van der Waals surface area contributed by atoms with E-state index < -0.39 is 0 Å². The van der Waals surface area contributed by atoms with Gasteiger partial charge in [0.15, 0.2) is 0 Å². The third-order valence-electron chi connectivity index (χ3n) is 2.97. The van der Waals surface area contributed by atoms with E-state index in [1.807, 2.05) is 0 Å². The molecule has 1 aliphatic carbocycles. The molecular formula is C10H15ClN4O. The van der Waals surface area contributed by atoms with Crippen molar-refractivity contribution in [2.45, 2.75) is 25.4 Å². The summed E-state index contributed by atoms with van der Waals surface area (Å²) < 4.78 is 0. The Hall–Kier alpha value is -1.07. The molecule has 0 saturated heterocycles. The van der Waals surface area contributed by atoms with Crippen LogP contribution >= 0.6 is 11.6 Å². The van der Waals surface area contributed by atoms with E-state index >= 15 is 0 Å². The highest BCUT2D eigenvalue weighted by molar-refractivity contribution is 6.35. The fraction of sp³-hybridized carbons (Fsp3) is 0.600. The second-order valence-corrected chi connectivity index (χ2v) is 4.44. The van der Waals surface area contributed by atoms with Crippen LogP contribution < -0.4 is 11.1 Å². The van der Waals surface area contributed by atoms with Crippen LogP contribution in [-0.4, -0.2) is 27.7 Å². The van der Waals surface area contributed by atoms with E-state index in [2.05, 4.69) is 15.3 Å². The van der Waals surface area contributed by atoms with E-state index in [0.29, 0.717) is 17.4 Å². The number of halogens is 1. The number of nitrogens with zero attached hydrogens (tertiary/aromatic N) is 2. The lowest BCUT2D eigenvalue weighted by Crippen LogP contribution is -2.22. The number of aliphatic hydroxyl groups is 1. The molecule has 1 aromatic rings. The van der Waals surface area contributed by atoms with E-state index in [1.165, 1.54) is 6.33 Å². The number of nitrogens with two attached hydrogens (primary N) is 1. The average molecular weight is 243 g/mol. The first kappa shape index (κ1) is 11.4. The van der Waals surface area contributed by atoms with Crippen LogP contribution in [0.3, 0.4) is 0 Å². The SMILES string of the molecule is Nc1ncnc(NCC2CCCC2O)c1Cl. The molecular weight excluding hydrogens is 228 g/mol. The van der Waals surface area contributed by atoms with Crippen LogP contribution in [0.5, 0.6) is 0 Å². The molecule has 2 unspecified atom stereocenters. The summed E-state index contributed by atoms with van der Waals surface area (Å²) >= 11 is 5.94. The molecule has 1 heterocycles. The van der Waals surface area contributed by atoms with Gasteiger partial charge in [0.25, 0.3) is 0 Å². The van der Waals surface area contributed by atoms with Gasteiger partial charge < -0.3 is 16.2 Å². The summed E-state index contributed by atoms with van der Waals surface area (Å²) in [5.41, 5.74) is 5.56. The zero-order valence-corrected chi connectivity index (χ0v) is 9.61. The maximum atomic E-state index is 9.66. The van der Waals surface area contributed by atoms with E-state index in [4.69, 9.17) is 17.3 Å². The predicted octanol–water partition coefficient (Wildman–Crippen LogP) is 1.29. The Morgan fingerprint density at radius 1 is 1.50 bits per heavy atom. The fourth-order valence-corrected chi connectivity index (χ4v) is 2.15. The Balaban J connectivity index is 1.96. The standard InChI is InChI=1S/C10H15ClN4O/c11-8-9(12)14-5-15-10(8)13-4-6-2-1-3-7(6)16/h5-7,16H,1-4H2,(H3,12,13,14,15). The lowest BCUT2D eigenvalue weighted by Gasteiger charge is -2.16. The molecule has 2 atom stereocenters. The van der Waals surface area contributed by atoms with Gasteiger partial charge in [-0.15, -0.1) is 0 Å². The van der Waals surface area contributed by atoms with Crippen molar-refractivity contribution < 1.29 is 5.11 Å². The lowest BCUT2D eigenvalue weighted by molar-refractivity contribution is 0.138. The van der Waals surface area contributed by atoms with Gasteiger partial charge >= 0.3 is 0 Å². The minimum atomic E-state index is -0.217. The highest BCUT2D eigenvalue weighted by Crippen LogP contribution is 2.27. The lowest BCUT2D eigenvalue weighted by atomic mass is 10.1. The first-order valence-electron chi connectivity index (χ1n) is 5.36. The third-order valence-corrected chi connectivity index (χ3v) is 3.34. The van der Waals surface area contributed by atoms with Crippen LogP contribution in [0.25, 0.3) is 0 Å². The minimum Gasteiger partial charge on any atom is -0.393 e. The number of nitrogens with one attached hydrogen (secondary N) is 1. The largest absolute Gasteiger partial charge is 0.393 e. The molecule has 0 aromatic carbocycles. The molecule has 1 fully saturated rings. The highest BCUT2D eigenvalue weighted by atomic mass is 35.5. The Bertz CT molecular complexity index is 374. The Labute approximate surface area is 99.0 Å². The molecule has 4 N–H and O–H groups in total. The van der Waals surface area contributed by atoms with Crippen molar-refractivity contribution in [1.29, 1.82) is 0 Å². The normalized spacial score (nSPS) is 24.6. The van der Waals surface area contributed by atoms with E-state index in [1.54, 1.807) is 0 Å². The number of rotatable bonds is 3. The Morgan fingerprint density at radius 3 is 3.00 bits per heavy atom. The van der Waals surface area contributed by atoms with E-state index in [9.17, 15) is 5.11 Å². The second-order valence-electron chi connectivity index (χ2n) is 4.06. The third kappa shape index (κ3) is 2.36. The van der Waals surface area contributed by atoms with Gasteiger partial charge in [0, 0.05) is 12.5 Å². The van der Waals surface area contributed by atoms with Crippen molar-refractivity contribution in [1.82, 2.24) is 9.97 Å². The maximum Gasteiger partial charge on any atom is 0.150 e. The van der Waals surface area contributed by atoms with Crippen LogP contribution in [0.15, 0.2) is 6.33 Å². The molecule has 0 aliphatic heterocycles. The van der Waals surface area contributed by atoms with Gasteiger partial charge in [0.1, 0.15) is 23.0 Å². The van der Waals surface area contributed by atoms with Gasteiger partial charge in [-0.3, -0.25) is 0 Å². The Morgan fingerprint density at radius 2 is 2.31 bits per heavy atom. The van der Waals surface area contributed by atoms with Gasteiger partial charge in [-0.05, 0) is 12.8 Å². The molecule has 2 rings (SSSR count). The topological polar surface area (TPSA) is 84.1 Å². The molecule has 0 amide bonds. The summed E-state index contributed by atoms with van der Waals surface area (Å²) in [5.74, 6) is 1.08. The number of aliphatic hydroxyl groups excluding tert-OH is 1. The summed E-state index contributed by atoms with van der Waals surface area (Å²) in [6, 6.07) is 0.